The molecule has 0 aliphatic heterocycles. The molecular formula is C20H18. The Bertz CT molecular complexity index is 744. The average Bonchev–Trinajstić information content (AvgIpc) is 3.01. The Labute approximate surface area is 120 Å². The first-order valence-corrected chi connectivity index (χ1v) is 7.35. The minimum atomic E-state index is 1.10. The normalized spacial score (nSPS) is 15.7. The minimum Gasteiger partial charge on any atom is -0.0683 e. The zero-order valence-electron chi connectivity index (χ0n) is 11.8. The number of allylic oxidation sites excluding steroid dienone is 2. The van der Waals surface area contributed by atoms with Gasteiger partial charge in [0.2, 0.25) is 0 Å². The van der Waals surface area contributed by atoms with E-state index in [0.29, 0.717) is 0 Å². The molecule has 0 atom stereocenters. The number of hydrogen-bond acceptors (Lipinski definition) is 0. The molecule has 0 amide bonds. The Kier molecular flexibility index (Phi) is 2.63. The average molecular weight is 258 g/mol. The second-order valence-corrected chi connectivity index (χ2v) is 6.01. The number of rotatable bonds is 2. The fourth-order valence-electron chi connectivity index (χ4n) is 3.48. The molecule has 0 heterocycles. The Balaban J connectivity index is 1.63. The van der Waals surface area contributed by atoms with Crippen LogP contribution in [0.5, 0.6) is 0 Å². The lowest BCUT2D eigenvalue weighted by Crippen LogP contribution is -1.97. The van der Waals surface area contributed by atoms with Crippen molar-refractivity contribution in [3.63, 3.8) is 0 Å². The summed E-state index contributed by atoms with van der Waals surface area (Å²) in [6, 6.07) is 15.5. The largest absolute Gasteiger partial charge is 0.0683 e. The molecular weight excluding hydrogens is 240 g/mol. The van der Waals surface area contributed by atoms with Gasteiger partial charge in [0.15, 0.2) is 0 Å². The van der Waals surface area contributed by atoms with Crippen LogP contribution < -0.4 is 0 Å². The summed E-state index contributed by atoms with van der Waals surface area (Å²) in [6.07, 6.45) is 8.05. The molecule has 2 aliphatic rings. The van der Waals surface area contributed by atoms with Crippen LogP contribution in [0.25, 0.3) is 12.2 Å². The molecule has 0 heteroatoms. The van der Waals surface area contributed by atoms with Crippen molar-refractivity contribution in [1.82, 2.24) is 0 Å². The van der Waals surface area contributed by atoms with E-state index in [1.165, 1.54) is 27.8 Å². The van der Waals surface area contributed by atoms with Crippen molar-refractivity contribution in [2.45, 2.75) is 26.2 Å². The maximum Gasteiger partial charge on any atom is -0.00545 e. The van der Waals surface area contributed by atoms with Crippen molar-refractivity contribution in [2.75, 3.05) is 0 Å². The molecule has 0 nitrogen and oxygen atoms in total. The van der Waals surface area contributed by atoms with Gasteiger partial charge >= 0.3 is 0 Å². The lowest BCUT2D eigenvalue weighted by molar-refractivity contribution is 1.03. The number of hydrogen-bond donors (Lipinski definition) is 0. The van der Waals surface area contributed by atoms with Crippen molar-refractivity contribution < 1.29 is 0 Å². The Hall–Kier alpha value is -2.08. The van der Waals surface area contributed by atoms with Gasteiger partial charge < -0.3 is 0 Å². The third-order valence-corrected chi connectivity index (χ3v) is 4.42. The maximum atomic E-state index is 2.38. The van der Waals surface area contributed by atoms with E-state index in [-0.39, 0.29) is 0 Å². The SMILES string of the molecule is CC1=Cc2cccc(CC3=Cc4ccccc4C3)c2C1. The summed E-state index contributed by atoms with van der Waals surface area (Å²) >= 11 is 0. The van der Waals surface area contributed by atoms with Gasteiger partial charge in [-0.05, 0) is 54.0 Å². The second kappa shape index (κ2) is 4.49. The van der Waals surface area contributed by atoms with Crippen LogP contribution >= 0.6 is 0 Å². The molecule has 2 aliphatic carbocycles. The molecule has 0 radical (unpaired) electrons. The third-order valence-electron chi connectivity index (χ3n) is 4.42. The van der Waals surface area contributed by atoms with Gasteiger partial charge in [-0.25, -0.2) is 0 Å². The van der Waals surface area contributed by atoms with E-state index in [1.54, 1.807) is 11.1 Å². The van der Waals surface area contributed by atoms with Crippen LogP contribution in [0.4, 0.5) is 0 Å². The monoisotopic (exact) mass is 258 g/mol. The van der Waals surface area contributed by atoms with Crippen molar-refractivity contribution in [3.8, 4) is 0 Å². The first-order valence-electron chi connectivity index (χ1n) is 7.35. The first kappa shape index (κ1) is 11.7. The van der Waals surface area contributed by atoms with E-state index >= 15 is 0 Å². The predicted octanol–water partition coefficient (Wildman–Crippen LogP) is 4.83. The second-order valence-electron chi connectivity index (χ2n) is 6.01. The first-order chi connectivity index (χ1) is 9.79. The van der Waals surface area contributed by atoms with Gasteiger partial charge in [0.05, 0.1) is 0 Å². The van der Waals surface area contributed by atoms with Gasteiger partial charge in [-0.2, -0.15) is 0 Å². The van der Waals surface area contributed by atoms with Crippen LogP contribution in [0.3, 0.4) is 0 Å². The highest BCUT2D eigenvalue weighted by molar-refractivity contribution is 5.67. The standard InChI is InChI=1S/C20H18/c1-14-9-18-7-4-8-19(20(18)10-14)13-15-11-16-5-2-3-6-17(16)12-15/h2-9,11H,10,12-13H2,1H3. The van der Waals surface area contributed by atoms with Crippen LogP contribution in [0.2, 0.25) is 0 Å². The Morgan fingerprint density at radius 1 is 0.850 bits per heavy atom. The molecule has 0 N–H and O–H groups in total. The zero-order valence-corrected chi connectivity index (χ0v) is 11.8. The van der Waals surface area contributed by atoms with Gasteiger partial charge in [0, 0.05) is 0 Å². The fourth-order valence-corrected chi connectivity index (χ4v) is 3.48. The van der Waals surface area contributed by atoms with Gasteiger partial charge in [0.1, 0.15) is 0 Å². The van der Waals surface area contributed by atoms with Crippen LogP contribution in [-0.4, -0.2) is 0 Å². The summed E-state index contributed by atoms with van der Waals surface area (Å²) in [5, 5.41) is 0. The number of benzene rings is 2. The molecule has 0 unspecified atom stereocenters. The highest BCUT2D eigenvalue weighted by atomic mass is 14.2. The summed E-state index contributed by atoms with van der Waals surface area (Å²) in [5.41, 5.74) is 10.4. The smallest absolute Gasteiger partial charge is 0.00545 e. The van der Waals surface area contributed by atoms with Gasteiger partial charge in [-0.1, -0.05) is 65.8 Å². The fraction of sp³-hybridized carbons (Fsp3) is 0.200. The van der Waals surface area contributed by atoms with Crippen LogP contribution in [0, 0.1) is 0 Å². The highest BCUT2D eigenvalue weighted by Crippen LogP contribution is 2.32. The third kappa shape index (κ3) is 1.92. The molecule has 0 aromatic heterocycles. The van der Waals surface area contributed by atoms with Gasteiger partial charge in [0.25, 0.3) is 0 Å². The highest BCUT2D eigenvalue weighted by Gasteiger charge is 2.17. The molecule has 0 saturated heterocycles. The van der Waals surface area contributed by atoms with Crippen molar-refractivity contribution in [2.24, 2.45) is 0 Å². The van der Waals surface area contributed by atoms with Crippen molar-refractivity contribution in [3.05, 3.63) is 81.4 Å². The van der Waals surface area contributed by atoms with Crippen LogP contribution in [0.1, 0.15) is 34.7 Å². The predicted molar refractivity (Wildman–Crippen MR) is 85.6 cm³/mol. The topological polar surface area (TPSA) is 0 Å². The zero-order chi connectivity index (χ0) is 13.5. The van der Waals surface area contributed by atoms with Gasteiger partial charge in [-0.3, -0.25) is 0 Å². The molecule has 0 spiro atoms. The van der Waals surface area contributed by atoms with Crippen molar-refractivity contribution in [1.29, 1.82) is 0 Å². The lowest BCUT2D eigenvalue weighted by Gasteiger charge is -2.09. The maximum absolute atomic E-state index is 2.38. The molecule has 2 aromatic rings. The molecule has 2 aromatic carbocycles. The van der Waals surface area contributed by atoms with Gasteiger partial charge in [-0.15, -0.1) is 0 Å². The Morgan fingerprint density at radius 3 is 2.60 bits per heavy atom. The van der Waals surface area contributed by atoms with E-state index < -0.39 is 0 Å². The Morgan fingerprint density at radius 2 is 1.70 bits per heavy atom. The van der Waals surface area contributed by atoms with Crippen molar-refractivity contribution >= 4 is 12.2 Å². The molecule has 0 fully saturated rings. The summed E-state index contributed by atoms with van der Waals surface area (Å²) in [6.45, 7) is 2.23. The minimum absolute atomic E-state index is 1.10. The summed E-state index contributed by atoms with van der Waals surface area (Å²) in [4.78, 5) is 0. The van der Waals surface area contributed by atoms with E-state index in [2.05, 4.69) is 61.5 Å². The molecule has 98 valence electrons. The van der Waals surface area contributed by atoms with E-state index in [9.17, 15) is 0 Å². The summed E-state index contributed by atoms with van der Waals surface area (Å²) in [5.74, 6) is 0. The van der Waals surface area contributed by atoms with E-state index in [1.807, 2.05) is 0 Å². The molecule has 0 bridgehead atoms. The summed E-state index contributed by atoms with van der Waals surface area (Å²) < 4.78 is 0. The lowest BCUT2D eigenvalue weighted by atomic mass is 9.95. The van der Waals surface area contributed by atoms with Crippen LogP contribution in [0.15, 0.2) is 53.6 Å². The summed E-state index contributed by atoms with van der Waals surface area (Å²) in [7, 11) is 0. The molecule has 4 rings (SSSR count). The number of fused-ring (bicyclic) bond motifs is 2. The molecule has 0 saturated carbocycles. The van der Waals surface area contributed by atoms with E-state index in [4.69, 9.17) is 0 Å². The van der Waals surface area contributed by atoms with Crippen LogP contribution in [-0.2, 0) is 19.3 Å². The quantitative estimate of drug-likeness (QED) is 0.724. The molecule has 20 heavy (non-hydrogen) atoms. The van der Waals surface area contributed by atoms with E-state index in [0.717, 1.165) is 19.3 Å².